The molecule has 2 unspecified atom stereocenters. The molecule has 1 rings (SSSR count). The molecule has 0 saturated carbocycles. The van der Waals surface area contributed by atoms with E-state index in [9.17, 15) is 0 Å². The van der Waals surface area contributed by atoms with Gasteiger partial charge >= 0.3 is 0 Å². The van der Waals surface area contributed by atoms with Gasteiger partial charge in [-0.15, -0.1) is 0 Å². The summed E-state index contributed by atoms with van der Waals surface area (Å²) in [7, 11) is 1.78. The molecule has 12 heavy (non-hydrogen) atoms. The third-order valence-corrected chi connectivity index (χ3v) is 2.89. The van der Waals surface area contributed by atoms with Gasteiger partial charge in [0.05, 0.1) is 0 Å². The molecule has 0 amide bonds. The van der Waals surface area contributed by atoms with Crippen LogP contribution in [0.15, 0.2) is 0 Å². The van der Waals surface area contributed by atoms with Crippen LogP contribution in [0, 0.1) is 11.8 Å². The van der Waals surface area contributed by atoms with Crippen LogP contribution >= 0.6 is 0 Å². The molecular formula is C10H21NO. The first-order valence-electron chi connectivity index (χ1n) is 4.98. The molecular weight excluding hydrogens is 150 g/mol. The second kappa shape index (κ2) is 4.83. The minimum Gasteiger partial charge on any atom is -0.385 e. The Bertz CT molecular complexity index is 125. The first-order chi connectivity index (χ1) is 5.75. The molecule has 1 aliphatic heterocycles. The molecule has 0 radical (unpaired) electrons. The third-order valence-electron chi connectivity index (χ3n) is 2.89. The molecule has 0 spiro atoms. The van der Waals surface area contributed by atoms with E-state index in [-0.39, 0.29) is 0 Å². The molecule has 0 bridgehead atoms. The van der Waals surface area contributed by atoms with Gasteiger partial charge in [-0.1, -0.05) is 13.8 Å². The average molecular weight is 171 g/mol. The normalized spacial score (nSPS) is 30.0. The van der Waals surface area contributed by atoms with Gasteiger partial charge in [0, 0.05) is 19.8 Å². The maximum Gasteiger partial charge on any atom is 0.0477 e. The van der Waals surface area contributed by atoms with Gasteiger partial charge < -0.3 is 10.1 Å². The lowest BCUT2D eigenvalue weighted by Crippen LogP contribution is -2.30. The summed E-state index contributed by atoms with van der Waals surface area (Å²) in [5.41, 5.74) is 0. The van der Waals surface area contributed by atoms with Gasteiger partial charge in [0.15, 0.2) is 0 Å². The van der Waals surface area contributed by atoms with E-state index in [0.717, 1.165) is 18.4 Å². The van der Waals surface area contributed by atoms with E-state index in [1.807, 2.05) is 0 Å². The highest BCUT2D eigenvalue weighted by molar-refractivity contribution is 4.85. The predicted molar refractivity (Wildman–Crippen MR) is 51.2 cm³/mol. The van der Waals surface area contributed by atoms with E-state index in [4.69, 9.17) is 4.74 Å². The van der Waals surface area contributed by atoms with Crippen LogP contribution in [0.4, 0.5) is 0 Å². The van der Waals surface area contributed by atoms with Crippen molar-refractivity contribution in [3.05, 3.63) is 0 Å². The number of nitrogens with one attached hydrogen (secondary N) is 1. The highest BCUT2D eigenvalue weighted by Gasteiger charge is 2.28. The SMILES string of the molecule is COCCC1NCCC1C(C)C. The van der Waals surface area contributed by atoms with Crippen molar-refractivity contribution in [3.63, 3.8) is 0 Å². The molecule has 0 aromatic carbocycles. The zero-order valence-electron chi connectivity index (χ0n) is 8.47. The molecule has 1 N–H and O–H groups in total. The van der Waals surface area contributed by atoms with Crippen LogP contribution in [0.5, 0.6) is 0 Å². The summed E-state index contributed by atoms with van der Waals surface area (Å²) in [5.74, 6) is 1.67. The minimum absolute atomic E-state index is 0.699. The van der Waals surface area contributed by atoms with Crippen molar-refractivity contribution in [2.24, 2.45) is 11.8 Å². The molecule has 0 aromatic rings. The summed E-state index contributed by atoms with van der Waals surface area (Å²) in [6.45, 7) is 6.72. The summed E-state index contributed by atoms with van der Waals surface area (Å²) >= 11 is 0. The van der Waals surface area contributed by atoms with Crippen LogP contribution in [0.2, 0.25) is 0 Å². The van der Waals surface area contributed by atoms with Crippen molar-refractivity contribution in [2.45, 2.75) is 32.7 Å². The zero-order valence-corrected chi connectivity index (χ0v) is 8.47. The Morgan fingerprint density at radius 3 is 2.83 bits per heavy atom. The summed E-state index contributed by atoms with van der Waals surface area (Å²) in [4.78, 5) is 0. The van der Waals surface area contributed by atoms with Crippen molar-refractivity contribution in [1.29, 1.82) is 0 Å². The Hall–Kier alpha value is -0.0800. The fourth-order valence-corrected chi connectivity index (χ4v) is 2.15. The topological polar surface area (TPSA) is 21.3 Å². The van der Waals surface area contributed by atoms with E-state index >= 15 is 0 Å². The van der Waals surface area contributed by atoms with Crippen LogP contribution < -0.4 is 5.32 Å². The molecule has 1 saturated heterocycles. The van der Waals surface area contributed by atoms with Crippen LogP contribution in [0.25, 0.3) is 0 Å². The molecule has 1 heterocycles. The number of methoxy groups -OCH3 is 1. The molecule has 1 fully saturated rings. The molecule has 0 aliphatic carbocycles. The number of ether oxygens (including phenoxy) is 1. The standard InChI is InChI=1S/C10H21NO/c1-8(2)9-4-6-11-10(9)5-7-12-3/h8-11H,4-7H2,1-3H3. The summed E-state index contributed by atoms with van der Waals surface area (Å²) in [5, 5.41) is 3.54. The Morgan fingerprint density at radius 1 is 1.50 bits per heavy atom. The lowest BCUT2D eigenvalue weighted by atomic mass is 9.87. The molecule has 2 nitrogen and oxygen atoms in total. The molecule has 0 aromatic heterocycles. The lowest BCUT2D eigenvalue weighted by molar-refractivity contribution is 0.172. The summed E-state index contributed by atoms with van der Waals surface area (Å²) in [6.07, 6.45) is 2.51. The van der Waals surface area contributed by atoms with Crippen molar-refractivity contribution in [3.8, 4) is 0 Å². The van der Waals surface area contributed by atoms with Crippen LogP contribution in [-0.2, 0) is 4.74 Å². The molecule has 1 aliphatic rings. The van der Waals surface area contributed by atoms with Crippen molar-refractivity contribution >= 4 is 0 Å². The van der Waals surface area contributed by atoms with E-state index in [1.54, 1.807) is 7.11 Å². The molecule has 2 heteroatoms. The maximum atomic E-state index is 5.09. The van der Waals surface area contributed by atoms with Gasteiger partial charge in [0.25, 0.3) is 0 Å². The summed E-state index contributed by atoms with van der Waals surface area (Å²) in [6, 6.07) is 0.699. The first kappa shape index (κ1) is 10.0. The average Bonchev–Trinajstić information content (AvgIpc) is 2.48. The van der Waals surface area contributed by atoms with E-state index in [0.29, 0.717) is 6.04 Å². The Labute approximate surface area is 75.7 Å². The predicted octanol–water partition coefficient (Wildman–Crippen LogP) is 1.66. The maximum absolute atomic E-state index is 5.09. The second-order valence-electron chi connectivity index (χ2n) is 4.04. The molecule has 2 atom stereocenters. The van der Waals surface area contributed by atoms with Gasteiger partial charge in [-0.3, -0.25) is 0 Å². The first-order valence-corrected chi connectivity index (χ1v) is 4.98. The quantitative estimate of drug-likeness (QED) is 0.694. The highest BCUT2D eigenvalue weighted by atomic mass is 16.5. The van der Waals surface area contributed by atoms with Gasteiger partial charge in [-0.05, 0) is 31.2 Å². The smallest absolute Gasteiger partial charge is 0.0477 e. The second-order valence-corrected chi connectivity index (χ2v) is 4.04. The van der Waals surface area contributed by atoms with E-state index < -0.39 is 0 Å². The Kier molecular flexibility index (Phi) is 4.02. The number of rotatable bonds is 4. The third kappa shape index (κ3) is 2.46. The molecule has 72 valence electrons. The number of hydrogen-bond acceptors (Lipinski definition) is 2. The Balaban J connectivity index is 2.30. The van der Waals surface area contributed by atoms with E-state index in [1.165, 1.54) is 19.4 Å². The zero-order chi connectivity index (χ0) is 8.97. The van der Waals surface area contributed by atoms with Crippen molar-refractivity contribution in [1.82, 2.24) is 5.32 Å². The van der Waals surface area contributed by atoms with Crippen molar-refractivity contribution in [2.75, 3.05) is 20.3 Å². The van der Waals surface area contributed by atoms with Crippen LogP contribution in [0.3, 0.4) is 0 Å². The monoisotopic (exact) mass is 171 g/mol. The fourth-order valence-electron chi connectivity index (χ4n) is 2.15. The van der Waals surface area contributed by atoms with Gasteiger partial charge in [0.2, 0.25) is 0 Å². The van der Waals surface area contributed by atoms with Gasteiger partial charge in [-0.25, -0.2) is 0 Å². The minimum atomic E-state index is 0.699. The van der Waals surface area contributed by atoms with E-state index in [2.05, 4.69) is 19.2 Å². The number of hydrogen-bond donors (Lipinski definition) is 1. The highest BCUT2D eigenvalue weighted by Crippen LogP contribution is 2.25. The largest absolute Gasteiger partial charge is 0.385 e. The fraction of sp³-hybridized carbons (Fsp3) is 1.00. The summed E-state index contributed by atoms with van der Waals surface area (Å²) < 4.78 is 5.09. The van der Waals surface area contributed by atoms with Crippen molar-refractivity contribution < 1.29 is 4.74 Å². The van der Waals surface area contributed by atoms with Crippen LogP contribution in [0.1, 0.15) is 26.7 Å². The Morgan fingerprint density at radius 2 is 2.25 bits per heavy atom. The van der Waals surface area contributed by atoms with Crippen LogP contribution in [-0.4, -0.2) is 26.3 Å². The van der Waals surface area contributed by atoms with Gasteiger partial charge in [0.1, 0.15) is 0 Å². The lowest BCUT2D eigenvalue weighted by Gasteiger charge is -2.22. The van der Waals surface area contributed by atoms with Gasteiger partial charge in [-0.2, -0.15) is 0 Å².